The molecule has 5 heterocycles. The Bertz CT molecular complexity index is 956. The lowest BCUT2D eigenvalue weighted by atomic mass is 9.73. The Labute approximate surface area is 163 Å². The van der Waals surface area contributed by atoms with Gasteiger partial charge in [0.25, 0.3) is 0 Å². The molecule has 4 atom stereocenters. The second-order valence-electron chi connectivity index (χ2n) is 8.18. The third kappa shape index (κ3) is 2.48. The fourth-order valence-electron chi connectivity index (χ4n) is 5.27. The van der Waals surface area contributed by atoms with E-state index in [0.717, 1.165) is 29.7 Å². The number of aromatic nitrogens is 2. The number of hydrogen-bond acceptors (Lipinski definition) is 5. The summed E-state index contributed by atoms with van der Waals surface area (Å²) in [5, 5.41) is 2.99. The fourth-order valence-corrected chi connectivity index (χ4v) is 5.27. The molecule has 0 aromatic carbocycles. The number of imidazole rings is 1. The van der Waals surface area contributed by atoms with Crippen LogP contribution in [0.2, 0.25) is 0 Å². The average molecular weight is 383 g/mol. The van der Waals surface area contributed by atoms with E-state index >= 15 is 0 Å². The minimum Gasteiger partial charge on any atom is -0.368 e. The summed E-state index contributed by atoms with van der Waals surface area (Å²) < 4.78 is 8.15. The van der Waals surface area contributed by atoms with Gasteiger partial charge in [0.2, 0.25) is 11.8 Å². The number of carbonyl (C=O) groups excluding carboxylic acids is 2. The molecule has 2 aromatic heterocycles. The Morgan fingerprint density at radius 1 is 1.50 bits per heavy atom. The van der Waals surface area contributed by atoms with Crippen molar-refractivity contribution in [2.45, 2.75) is 38.0 Å². The number of carbonyl (C=O) groups is 2. The summed E-state index contributed by atoms with van der Waals surface area (Å²) in [5.41, 5.74) is 7.91. The van der Waals surface area contributed by atoms with Gasteiger partial charge in [0.1, 0.15) is 5.65 Å². The number of amides is 2. The van der Waals surface area contributed by atoms with Crippen molar-refractivity contribution in [1.82, 2.24) is 19.6 Å². The lowest BCUT2D eigenvalue weighted by molar-refractivity contribution is -0.138. The first-order valence-electron chi connectivity index (χ1n) is 9.90. The van der Waals surface area contributed by atoms with E-state index in [1.807, 2.05) is 35.9 Å². The third-order valence-electron chi connectivity index (χ3n) is 6.47. The van der Waals surface area contributed by atoms with E-state index in [1.54, 1.807) is 4.90 Å². The zero-order chi connectivity index (χ0) is 19.5. The van der Waals surface area contributed by atoms with Crippen LogP contribution in [0, 0.1) is 18.8 Å². The summed E-state index contributed by atoms with van der Waals surface area (Å²) in [5.74, 6) is -0.923. The first-order valence-corrected chi connectivity index (χ1v) is 9.90. The number of pyridine rings is 1. The number of rotatable bonds is 5. The topological polar surface area (TPSA) is 102 Å². The number of ether oxygens (including phenoxy) is 1. The van der Waals surface area contributed by atoms with E-state index in [1.165, 1.54) is 0 Å². The van der Waals surface area contributed by atoms with Crippen LogP contribution in [-0.4, -0.2) is 57.4 Å². The van der Waals surface area contributed by atoms with Crippen molar-refractivity contribution in [3.8, 4) is 0 Å². The summed E-state index contributed by atoms with van der Waals surface area (Å²) in [6, 6.07) is 3.98. The van der Waals surface area contributed by atoms with Crippen molar-refractivity contribution < 1.29 is 14.3 Å². The molecule has 3 N–H and O–H groups in total. The highest BCUT2D eigenvalue weighted by Gasteiger charge is 2.68. The minimum atomic E-state index is -0.501. The van der Waals surface area contributed by atoms with Gasteiger partial charge in [-0.2, -0.15) is 0 Å². The predicted octanol–water partition coefficient (Wildman–Crippen LogP) is 0.224. The lowest BCUT2D eigenvalue weighted by Crippen LogP contribution is -2.45. The maximum atomic E-state index is 13.0. The molecule has 3 fully saturated rings. The minimum absolute atomic E-state index is 0.0103. The Balaban J connectivity index is 1.32. The van der Waals surface area contributed by atoms with Crippen LogP contribution in [0.25, 0.3) is 5.65 Å². The van der Waals surface area contributed by atoms with Gasteiger partial charge in [-0.25, -0.2) is 4.98 Å². The van der Waals surface area contributed by atoms with E-state index in [0.29, 0.717) is 26.2 Å². The monoisotopic (exact) mass is 383 g/mol. The van der Waals surface area contributed by atoms with Crippen molar-refractivity contribution in [3.05, 3.63) is 35.8 Å². The first kappa shape index (κ1) is 17.6. The normalized spacial score (nSPS) is 31.0. The molecule has 2 bridgehead atoms. The molecular formula is C20H25N5O3. The average Bonchev–Trinajstić information content (AvgIpc) is 3.40. The zero-order valence-electron chi connectivity index (χ0n) is 15.9. The molecule has 0 aliphatic carbocycles. The quantitative estimate of drug-likeness (QED) is 0.769. The van der Waals surface area contributed by atoms with Crippen molar-refractivity contribution in [2.24, 2.45) is 17.6 Å². The van der Waals surface area contributed by atoms with Crippen LogP contribution in [0.3, 0.4) is 0 Å². The van der Waals surface area contributed by atoms with Crippen LogP contribution in [0.4, 0.5) is 0 Å². The number of hydrogen-bond donors (Lipinski definition) is 2. The summed E-state index contributed by atoms with van der Waals surface area (Å²) >= 11 is 0. The lowest BCUT2D eigenvalue weighted by Gasteiger charge is -2.26. The van der Waals surface area contributed by atoms with Gasteiger partial charge in [0, 0.05) is 25.5 Å². The number of nitrogens with one attached hydrogen (secondary N) is 1. The van der Waals surface area contributed by atoms with Gasteiger partial charge in [-0.05, 0) is 31.4 Å². The Morgan fingerprint density at radius 3 is 3.14 bits per heavy atom. The molecule has 5 rings (SSSR count). The number of fused-ring (bicyclic) bond motifs is 2. The third-order valence-corrected chi connectivity index (χ3v) is 6.47. The van der Waals surface area contributed by atoms with Crippen molar-refractivity contribution in [3.63, 3.8) is 0 Å². The van der Waals surface area contributed by atoms with Gasteiger partial charge in [0.15, 0.2) is 0 Å². The van der Waals surface area contributed by atoms with Crippen molar-refractivity contribution >= 4 is 17.5 Å². The fraction of sp³-hybridized carbons (Fsp3) is 0.550. The molecule has 1 spiro atoms. The van der Waals surface area contributed by atoms with E-state index in [4.69, 9.17) is 10.5 Å². The highest BCUT2D eigenvalue weighted by molar-refractivity contribution is 5.92. The summed E-state index contributed by atoms with van der Waals surface area (Å²) in [7, 11) is 0. The van der Waals surface area contributed by atoms with Crippen molar-refractivity contribution in [2.75, 3.05) is 19.6 Å². The molecular weight excluding hydrogens is 358 g/mol. The second kappa shape index (κ2) is 6.28. The van der Waals surface area contributed by atoms with Gasteiger partial charge in [-0.15, -0.1) is 0 Å². The largest absolute Gasteiger partial charge is 0.368 e. The summed E-state index contributed by atoms with van der Waals surface area (Å²) in [6.45, 7) is 3.83. The Morgan fingerprint density at radius 2 is 2.36 bits per heavy atom. The van der Waals surface area contributed by atoms with Crippen LogP contribution >= 0.6 is 0 Å². The predicted molar refractivity (Wildman–Crippen MR) is 101 cm³/mol. The number of nitrogens with two attached hydrogens (primary N) is 1. The van der Waals surface area contributed by atoms with Gasteiger partial charge in [-0.3, -0.25) is 9.59 Å². The standard InChI is InChI=1S/C20H25N5O3/c1-12-3-2-7-24-10-13(23-17(12)24)9-22-18(26)15-14-4-5-20(28-14)11-25(8-6-21)19(27)16(15)20/h2-3,7,10,14-16H,4-6,8-9,11,21H2,1H3,(H,22,26)/t14-,15-,16+,20-/m0/s1. The molecule has 148 valence electrons. The smallest absolute Gasteiger partial charge is 0.229 e. The highest BCUT2D eigenvalue weighted by atomic mass is 16.5. The molecule has 2 aromatic rings. The molecule has 3 aliphatic rings. The van der Waals surface area contributed by atoms with E-state index in [9.17, 15) is 9.59 Å². The summed E-state index contributed by atoms with van der Waals surface area (Å²) in [6.07, 6.45) is 5.36. The number of aryl methyl sites for hydroxylation is 1. The van der Waals surface area contributed by atoms with E-state index in [-0.39, 0.29) is 23.8 Å². The molecule has 2 amide bonds. The molecule has 0 unspecified atom stereocenters. The van der Waals surface area contributed by atoms with Crippen LogP contribution in [-0.2, 0) is 20.9 Å². The molecule has 8 nitrogen and oxygen atoms in total. The van der Waals surface area contributed by atoms with Gasteiger partial charge in [-0.1, -0.05) is 6.07 Å². The SMILES string of the molecule is Cc1cccn2cc(CNC(=O)[C@H]3[C@@H]4CC[C@@]5(CN(CCN)C(=O)[C@@H]35)O4)nc12. The summed E-state index contributed by atoms with van der Waals surface area (Å²) in [4.78, 5) is 32.3. The maximum absolute atomic E-state index is 13.0. The van der Waals surface area contributed by atoms with Crippen LogP contribution in [0.15, 0.2) is 24.5 Å². The number of likely N-dealkylation sites (tertiary alicyclic amines) is 1. The first-order chi connectivity index (χ1) is 13.5. The van der Waals surface area contributed by atoms with E-state index < -0.39 is 11.5 Å². The van der Waals surface area contributed by atoms with Crippen LogP contribution < -0.4 is 11.1 Å². The number of nitrogens with zero attached hydrogens (tertiary/aromatic N) is 3. The molecule has 3 saturated heterocycles. The van der Waals surface area contributed by atoms with Gasteiger partial charge < -0.3 is 25.1 Å². The molecule has 0 saturated carbocycles. The van der Waals surface area contributed by atoms with Crippen molar-refractivity contribution in [1.29, 1.82) is 0 Å². The van der Waals surface area contributed by atoms with Crippen LogP contribution in [0.1, 0.15) is 24.1 Å². The van der Waals surface area contributed by atoms with Crippen LogP contribution in [0.5, 0.6) is 0 Å². The zero-order valence-corrected chi connectivity index (χ0v) is 15.9. The Hall–Kier alpha value is -2.45. The maximum Gasteiger partial charge on any atom is 0.229 e. The molecule has 28 heavy (non-hydrogen) atoms. The highest BCUT2D eigenvalue weighted by Crippen LogP contribution is 2.55. The van der Waals surface area contributed by atoms with Gasteiger partial charge >= 0.3 is 0 Å². The van der Waals surface area contributed by atoms with Gasteiger partial charge in [0.05, 0.1) is 42.3 Å². The molecule has 3 aliphatic heterocycles. The Kier molecular flexibility index (Phi) is 3.96. The molecule has 0 radical (unpaired) electrons. The molecule has 8 heteroatoms. The second-order valence-corrected chi connectivity index (χ2v) is 8.18. The van der Waals surface area contributed by atoms with E-state index in [2.05, 4.69) is 10.3 Å².